The van der Waals surface area contributed by atoms with Crippen molar-refractivity contribution in [3.63, 3.8) is 0 Å². The quantitative estimate of drug-likeness (QED) is 0.792. The SMILES string of the molecule is CCOc1ccc(C(=O)c2ccc(Cl)cn2)cc1. The zero-order valence-electron chi connectivity index (χ0n) is 9.89. The summed E-state index contributed by atoms with van der Waals surface area (Å²) in [7, 11) is 0. The first-order chi connectivity index (χ1) is 8.70. The highest BCUT2D eigenvalue weighted by Gasteiger charge is 2.10. The first-order valence-electron chi connectivity index (χ1n) is 5.60. The largest absolute Gasteiger partial charge is 0.494 e. The molecular weight excluding hydrogens is 250 g/mol. The van der Waals surface area contributed by atoms with Crippen LogP contribution in [0.25, 0.3) is 0 Å². The molecule has 92 valence electrons. The van der Waals surface area contributed by atoms with Crippen LogP contribution in [0.4, 0.5) is 0 Å². The fraction of sp³-hybridized carbons (Fsp3) is 0.143. The van der Waals surface area contributed by atoms with E-state index in [0.717, 1.165) is 5.75 Å². The van der Waals surface area contributed by atoms with Crippen LogP contribution in [-0.2, 0) is 0 Å². The minimum Gasteiger partial charge on any atom is -0.494 e. The Hall–Kier alpha value is -1.87. The van der Waals surface area contributed by atoms with Gasteiger partial charge in [0.25, 0.3) is 0 Å². The van der Waals surface area contributed by atoms with E-state index in [9.17, 15) is 4.79 Å². The number of carbonyl (C=O) groups excluding carboxylic acids is 1. The number of rotatable bonds is 4. The molecule has 0 atom stereocenters. The fourth-order valence-corrected chi connectivity index (χ4v) is 1.64. The molecule has 0 aliphatic heterocycles. The Morgan fingerprint density at radius 3 is 2.50 bits per heavy atom. The summed E-state index contributed by atoms with van der Waals surface area (Å²) in [5.74, 6) is 0.618. The van der Waals surface area contributed by atoms with Crippen LogP contribution in [0.3, 0.4) is 0 Å². The van der Waals surface area contributed by atoms with Crippen molar-refractivity contribution in [3.8, 4) is 5.75 Å². The molecular formula is C14H12ClNO2. The first-order valence-corrected chi connectivity index (χ1v) is 5.97. The van der Waals surface area contributed by atoms with Gasteiger partial charge in [0, 0.05) is 11.8 Å². The van der Waals surface area contributed by atoms with Gasteiger partial charge in [0.2, 0.25) is 5.78 Å². The molecule has 2 rings (SSSR count). The van der Waals surface area contributed by atoms with E-state index in [2.05, 4.69) is 4.98 Å². The molecule has 2 aromatic rings. The van der Waals surface area contributed by atoms with E-state index in [4.69, 9.17) is 16.3 Å². The van der Waals surface area contributed by atoms with Crippen molar-refractivity contribution in [1.29, 1.82) is 0 Å². The third-order valence-corrected chi connectivity index (χ3v) is 2.61. The number of ether oxygens (including phenoxy) is 1. The number of hydrogen-bond donors (Lipinski definition) is 0. The molecule has 18 heavy (non-hydrogen) atoms. The predicted octanol–water partition coefficient (Wildman–Crippen LogP) is 3.36. The van der Waals surface area contributed by atoms with E-state index in [1.54, 1.807) is 36.4 Å². The van der Waals surface area contributed by atoms with Gasteiger partial charge in [-0.2, -0.15) is 0 Å². The molecule has 0 amide bonds. The molecule has 0 fully saturated rings. The summed E-state index contributed by atoms with van der Waals surface area (Å²) in [4.78, 5) is 16.1. The molecule has 1 aromatic heterocycles. The van der Waals surface area contributed by atoms with Gasteiger partial charge in [0.1, 0.15) is 11.4 Å². The van der Waals surface area contributed by atoms with Crippen molar-refractivity contribution < 1.29 is 9.53 Å². The van der Waals surface area contributed by atoms with E-state index in [0.29, 0.717) is 22.9 Å². The number of nitrogens with zero attached hydrogens (tertiary/aromatic N) is 1. The Morgan fingerprint density at radius 1 is 1.22 bits per heavy atom. The molecule has 4 heteroatoms. The Labute approximate surface area is 110 Å². The van der Waals surface area contributed by atoms with E-state index in [1.165, 1.54) is 6.20 Å². The van der Waals surface area contributed by atoms with Crippen molar-refractivity contribution >= 4 is 17.4 Å². The summed E-state index contributed by atoms with van der Waals surface area (Å²) in [6.07, 6.45) is 1.46. The predicted molar refractivity (Wildman–Crippen MR) is 70.3 cm³/mol. The highest BCUT2D eigenvalue weighted by Crippen LogP contribution is 2.15. The van der Waals surface area contributed by atoms with Gasteiger partial charge < -0.3 is 4.74 Å². The van der Waals surface area contributed by atoms with Gasteiger partial charge in [0.15, 0.2) is 0 Å². The summed E-state index contributed by atoms with van der Waals surface area (Å²) in [6, 6.07) is 10.3. The number of benzene rings is 1. The van der Waals surface area contributed by atoms with Crippen molar-refractivity contribution in [2.75, 3.05) is 6.61 Å². The number of hydrogen-bond acceptors (Lipinski definition) is 3. The van der Waals surface area contributed by atoms with Gasteiger partial charge in [-0.05, 0) is 43.3 Å². The number of pyridine rings is 1. The molecule has 0 N–H and O–H groups in total. The van der Waals surface area contributed by atoms with Crippen molar-refractivity contribution in [1.82, 2.24) is 4.98 Å². The standard InChI is InChI=1S/C14H12ClNO2/c1-2-18-12-6-3-10(4-7-12)14(17)13-8-5-11(15)9-16-13/h3-9H,2H2,1H3. The monoisotopic (exact) mass is 261 g/mol. The van der Waals surface area contributed by atoms with Crippen LogP contribution in [0.15, 0.2) is 42.6 Å². The lowest BCUT2D eigenvalue weighted by Gasteiger charge is -2.04. The van der Waals surface area contributed by atoms with Gasteiger partial charge in [-0.15, -0.1) is 0 Å². The number of aromatic nitrogens is 1. The average Bonchev–Trinajstić information content (AvgIpc) is 2.40. The van der Waals surface area contributed by atoms with E-state index >= 15 is 0 Å². The van der Waals surface area contributed by atoms with E-state index < -0.39 is 0 Å². The highest BCUT2D eigenvalue weighted by atomic mass is 35.5. The minimum atomic E-state index is -0.130. The lowest BCUT2D eigenvalue weighted by atomic mass is 10.1. The maximum atomic E-state index is 12.1. The molecule has 0 aliphatic carbocycles. The summed E-state index contributed by atoms with van der Waals surface area (Å²) in [6.45, 7) is 2.52. The van der Waals surface area contributed by atoms with Gasteiger partial charge >= 0.3 is 0 Å². The normalized spacial score (nSPS) is 10.1. The smallest absolute Gasteiger partial charge is 0.211 e. The van der Waals surface area contributed by atoms with Crippen LogP contribution >= 0.6 is 11.6 Å². The summed E-state index contributed by atoms with van der Waals surface area (Å²) in [5.41, 5.74) is 0.955. The average molecular weight is 262 g/mol. The lowest BCUT2D eigenvalue weighted by Crippen LogP contribution is -2.03. The molecule has 0 spiro atoms. The summed E-state index contributed by atoms with van der Waals surface area (Å²) >= 11 is 5.73. The van der Waals surface area contributed by atoms with Crippen LogP contribution in [0.1, 0.15) is 23.0 Å². The summed E-state index contributed by atoms with van der Waals surface area (Å²) in [5, 5.41) is 0.512. The fourth-order valence-electron chi connectivity index (χ4n) is 1.53. The Bertz CT molecular complexity index is 535. The molecule has 0 bridgehead atoms. The zero-order valence-corrected chi connectivity index (χ0v) is 10.6. The topological polar surface area (TPSA) is 39.2 Å². The maximum Gasteiger partial charge on any atom is 0.211 e. The molecule has 3 nitrogen and oxygen atoms in total. The van der Waals surface area contributed by atoms with Crippen molar-refractivity contribution in [2.45, 2.75) is 6.92 Å². The number of ketones is 1. The van der Waals surface area contributed by atoms with Gasteiger partial charge in [0.05, 0.1) is 11.6 Å². The molecule has 1 aromatic carbocycles. The molecule has 0 unspecified atom stereocenters. The summed E-state index contributed by atoms with van der Waals surface area (Å²) < 4.78 is 5.32. The van der Waals surface area contributed by atoms with Crippen molar-refractivity contribution in [2.24, 2.45) is 0 Å². The van der Waals surface area contributed by atoms with Crippen LogP contribution in [0, 0.1) is 0 Å². The Balaban J connectivity index is 2.20. The van der Waals surface area contributed by atoms with Crippen LogP contribution in [-0.4, -0.2) is 17.4 Å². The lowest BCUT2D eigenvalue weighted by molar-refractivity contribution is 0.103. The second-order valence-corrected chi connectivity index (χ2v) is 4.08. The van der Waals surface area contributed by atoms with E-state index in [1.807, 2.05) is 6.92 Å². The van der Waals surface area contributed by atoms with Crippen molar-refractivity contribution in [3.05, 3.63) is 58.9 Å². The maximum absolute atomic E-state index is 12.1. The third kappa shape index (κ3) is 2.87. The molecule has 0 aliphatic rings. The highest BCUT2D eigenvalue weighted by molar-refractivity contribution is 6.30. The van der Waals surface area contributed by atoms with Gasteiger partial charge in [-0.25, -0.2) is 0 Å². The number of halogens is 1. The number of carbonyl (C=O) groups is 1. The zero-order chi connectivity index (χ0) is 13.0. The molecule has 0 radical (unpaired) electrons. The first kappa shape index (κ1) is 12.6. The minimum absolute atomic E-state index is 0.130. The molecule has 0 saturated carbocycles. The second-order valence-electron chi connectivity index (χ2n) is 3.65. The van der Waals surface area contributed by atoms with Gasteiger partial charge in [-0.3, -0.25) is 9.78 Å². The van der Waals surface area contributed by atoms with Crippen LogP contribution in [0.5, 0.6) is 5.75 Å². The van der Waals surface area contributed by atoms with Crippen LogP contribution < -0.4 is 4.74 Å². The van der Waals surface area contributed by atoms with Gasteiger partial charge in [-0.1, -0.05) is 11.6 Å². The van der Waals surface area contributed by atoms with E-state index in [-0.39, 0.29) is 5.78 Å². The molecule has 0 saturated heterocycles. The Morgan fingerprint density at radius 2 is 1.94 bits per heavy atom. The Kier molecular flexibility index (Phi) is 3.95. The molecule has 1 heterocycles. The second kappa shape index (κ2) is 5.65. The third-order valence-electron chi connectivity index (χ3n) is 2.39. The van der Waals surface area contributed by atoms with Crippen LogP contribution in [0.2, 0.25) is 5.02 Å².